The van der Waals surface area contributed by atoms with Crippen LogP contribution in [0.5, 0.6) is 0 Å². The van der Waals surface area contributed by atoms with Crippen molar-refractivity contribution in [2.45, 2.75) is 43.6 Å². The molecule has 1 amide bonds. The summed E-state index contributed by atoms with van der Waals surface area (Å²) in [7, 11) is 0. The lowest BCUT2D eigenvalue weighted by Gasteiger charge is -2.25. The van der Waals surface area contributed by atoms with Crippen molar-refractivity contribution in [2.75, 3.05) is 12.3 Å². The fourth-order valence-corrected chi connectivity index (χ4v) is 3.20. The predicted molar refractivity (Wildman–Crippen MR) is 65.8 cm³/mol. The monoisotopic (exact) mass is 258 g/mol. The first-order valence-electron chi connectivity index (χ1n) is 5.98. The average molecular weight is 258 g/mol. The van der Waals surface area contributed by atoms with Gasteiger partial charge >= 0.3 is 5.97 Å². The summed E-state index contributed by atoms with van der Waals surface area (Å²) in [5.41, 5.74) is 0. The molecule has 2 unspecified atom stereocenters. The normalized spacial score (nSPS) is 28.4. The van der Waals surface area contributed by atoms with Crippen LogP contribution in [0.4, 0.5) is 0 Å². The molecular formula is C11H18N2O3S. The third-order valence-electron chi connectivity index (χ3n) is 3.15. The number of carbonyl (C=O) groups excluding carboxylic acids is 1. The van der Waals surface area contributed by atoms with Gasteiger partial charge in [-0.3, -0.25) is 4.79 Å². The second kappa shape index (κ2) is 5.27. The molecule has 2 fully saturated rings. The van der Waals surface area contributed by atoms with E-state index in [1.54, 1.807) is 0 Å². The van der Waals surface area contributed by atoms with Crippen LogP contribution < -0.4 is 5.32 Å². The number of hydrogen-bond donors (Lipinski definition) is 2. The number of nitrogens with zero attached hydrogens (tertiary/aromatic N) is 1. The lowest BCUT2D eigenvalue weighted by atomic mass is 10.2. The van der Waals surface area contributed by atoms with E-state index in [1.807, 2.05) is 6.92 Å². The minimum atomic E-state index is -0.898. The van der Waals surface area contributed by atoms with E-state index in [0.717, 1.165) is 0 Å². The van der Waals surface area contributed by atoms with Gasteiger partial charge in [0.05, 0.1) is 5.37 Å². The highest BCUT2D eigenvalue weighted by atomic mass is 32.2. The summed E-state index contributed by atoms with van der Waals surface area (Å²) in [4.78, 5) is 24.5. The molecule has 17 heavy (non-hydrogen) atoms. The van der Waals surface area contributed by atoms with E-state index in [2.05, 4.69) is 5.32 Å². The summed E-state index contributed by atoms with van der Waals surface area (Å²) in [5, 5.41) is 12.3. The fraction of sp³-hybridized carbons (Fsp3) is 0.818. The second-order valence-corrected chi connectivity index (χ2v) is 5.91. The van der Waals surface area contributed by atoms with Crippen LogP contribution in [0.2, 0.25) is 0 Å². The van der Waals surface area contributed by atoms with Crippen molar-refractivity contribution in [1.29, 1.82) is 0 Å². The standard InChI is InChI=1S/C11H18N2O3S/c1-7-13(9(6-17-7)11(15)16)10(14)4-5-12-8-2-3-8/h7-9,12H,2-6H2,1H3,(H,15,16). The van der Waals surface area contributed by atoms with Gasteiger partial charge in [-0.05, 0) is 19.8 Å². The van der Waals surface area contributed by atoms with Crippen molar-refractivity contribution in [1.82, 2.24) is 10.2 Å². The van der Waals surface area contributed by atoms with Crippen LogP contribution in [0.15, 0.2) is 0 Å². The summed E-state index contributed by atoms with van der Waals surface area (Å²) in [5.74, 6) is -0.452. The van der Waals surface area contributed by atoms with E-state index in [0.29, 0.717) is 24.8 Å². The number of rotatable bonds is 5. The molecule has 0 aromatic heterocycles. The Morgan fingerprint density at radius 1 is 1.47 bits per heavy atom. The highest BCUT2D eigenvalue weighted by Crippen LogP contribution is 2.29. The molecule has 0 radical (unpaired) electrons. The maximum atomic E-state index is 12.0. The van der Waals surface area contributed by atoms with Gasteiger partial charge < -0.3 is 15.3 Å². The molecule has 6 heteroatoms. The molecule has 2 N–H and O–H groups in total. The minimum absolute atomic E-state index is 0.0236. The fourth-order valence-electron chi connectivity index (χ4n) is 2.01. The smallest absolute Gasteiger partial charge is 0.327 e. The third kappa shape index (κ3) is 3.13. The largest absolute Gasteiger partial charge is 0.480 e. The molecule has 2 atom stereocenters. The lowest BCUT2D eigenvalue weighted by molar-refractivity contribution is -0.148. The highest BCUT2D eigenvalue weighted by Gasteiger charge is 2.39. The number of nitrogens with one attached hydrogen (secondary N) is 1. The van der Waals surface area contributed by atoms with E-state index in [4.69, 9.17) is 5.11 Å². The number of thioether (sulfide) groups is 1. The molecule has 2 rings (SSSR count). The molecular weight excluding hydrogens is 240 g/mol. The zero-order valence-corrected chi connectivity index (χ0v) is 10.7. The Balaban J connectivity index is 1.84. The zero-order chi connectivity index (χ0) is 12.4. The van der Waals surface area contributed by atoms with Gasteiger partial charge in [-0.2, -0.15) is 0 Å². The van der Waals surface area contributed by atoms with Gasteiger partial charge in [0, 0.05) is 24.8 Å². The van der Waals surface area contributed by atoms with Gasteiger partial charge in [-0.25, -0.2) is 4.79 Å². The molecule has 0 spiro atoms. The molecule has 0 bridgehead atoms. The van der Waals surface area contributed by atoms with Crippen LogP contribution in [-0.2, 0) is 9.59 Å². The highest BCUT2D eigenvalue weighted by molar-refractivity contribution is 8.00. The molecule has 1 heterocycles. The molecule has 1 aliphatic heterocycles. The number of aliphatic carboxylic acids is 1. The predicted octanol–water partition coefficient (Wildman–Crippen LogP) is 0.503. The van der Waals surface area contributed by atoms with Crippen LogP contribution in [0, 0.1) is 0 Å². The quantitative estimate of drug-likeness (QED) is 0.751. The Bertz CT molecular complexity index is 320. The van der Waals surface area contributed by atoms with Crippen molar-refractivity contribution >= 4 is 23.6 Å². The Morgan fingerprint density at radius 2 is 2.18 bits per heavy atom. The van der Waals surface area contributed by atoms with Crippen LogP contribution >= 0.6 is 11.8 Å². The molecule has 96 valence electrons. The van der Waals surface area contributed by atoms with Crippen LogP contribution in [-0.4, -0.2) is 51.6 Å². The summed E-state index contributed by atoms with van der Waals surface area (Å²) in [6, 6.07) is -0.0631. The SMILES string of the molecule is CC1SCC(C(=O)O)N1C(=O)CCNC1CC1. The Hall–Kier alpha value is -0.750. The molecule has 0 aromatic rings. The number of carbonyl (C=O) groups is 2. The number of amides is 1. The Morgan fingerprint density at radius 3 is 2.76 bits per heavy atom. The molecule has 2 aliphatic rings. The van der Waals surface area contributed by atoms with E-state index in [-0.39, 0.29) is 11.3 Å². The Labute approximate surface area is 105 Å². The van der Waals surface area contributed by atoms with Crippen molar-refractivity contribution in [3.05, 3.63) is 0 Å². The number of carboxylic acid groups (broad SMARTS) is 1. The topological polar surface area (TPSA) is 69.6 Å². The lowest BCUT2D eigenvalue weighted by Crippen LogP contribution is -2.45. The van der Waals surface area contributed by atoms with Crippen molar-refractivity contribution in [3.8, 4) is 0 Å². The zero-order valence-electron chi connectivity index (χ0n) is 9.89. The molecule has 1 aliphatic carbocycles. The van der Waals surface area contributed by atoms with Crippen molar-refractivity contribution in [3.63, 3.8) is 0 Å². The summed E-state index contributed by atoms with van der Waals surface area (Å²) in [6.07, 6.45) is 2.79. The van der Waals surface area contributed by atoms with Crippen LogP contribution in [0.1, 0.15) is 26.2 Å². The maximum Gasteiger partial charge on any atom is 0.327 e. The van der Waals surface area contributed by atoms with Gasteiger partial charge in [-0.1, -0.05) is 0 Å². The number of hydrogen-bond acceptors (Lipinski definition) is 4. The molecule has 0 aromatic carbocycles. The van der Waals surface area contributed by atoms with Gasteiger partial charge in [0.25, 0.3) is 0 Å². The number of carboxylic acids is 1. The first-order valence-corrected chi connectivity index (χ1v) is 7.03. The van der Waals surface area contributed by atoms with Gasteiger partial charge in [0.15, 0.2) is 0 Å². The van der Waals surface area contributed by atoms with Crippen LogP contribution in [0.25, 0.3) is 0 Å². The average Bonchev–Trinajstić information content (AvgIpc) is 2.99. The van der Waals surface area contributed by atoms with Gasteiger partial charge in [0.2, 0.25) is 5.91 Å². The second-order valence-electron chi connectivity index (χ2n) is 4.57. The summed E-state index contributed by atoms with van der Waals surface area (Å²) >= 11 is 1.53. The summed E-state index contributed by atoms with van der Waals surface area (Å²) in [6.45, 7) is 2.55. The molecule has 1 saturated heterocycles. The van der Waals surface area contributed by atoms with Gasteiger partial charge in [0.1, 0.15) is 6.04 Å². The molecule has 5 nitrogen and oxygen atoms in total. The van der Waals surface area contributed by atoms with E-state index in [9.17, 15) is 9.59 Å². The first kappa shape index (κ1) is 12.7. The third-order valence-corrected chi connectivity index (χ3v) is 4.36. The van der Waals surface area contributed by atoms with E-state index in [1.165, 1.54) is 29.5 Å². The first-order chi connectivity index (χ1) is 8.09. The maximum absolute atomic E-state index is 12.0. The van der Waals surface area contributed by atoms with Gasteiger partial charge in [-0.15, -0.1) is 11.8 Å². The van der Waals surface area contributed by atoms with Crippen molar-refractivity contribution < 1.29 is 14.7 Å². The Kier molecular flexibility index (Phi) is 3.93. The minimum Gasteiger partial charge on any atom is -0.480 e. The molecule has 1 saturated carbocycles. The van der Waals surface area contributed by atoms with E-state index < -0.39 is 12.0 Å². The van der Waals surface area contributed by atoms with Crippen LogP contribution in [0.3, 0.4) is 0 Å². The van der Waals surface area contributed by atoms with E-state index >= 15 is 0 Å². The van der Waals surface area contributed by atoms with Crippen molar-refractivity contribution in [2.24, 2.45) is 0 Å². The summed E-state index contributed by atoms with van der Waals surface area (Å²) < 4.78 is 0.